The molecule has 0 aliphatic carbocycles. The van der Waals surface area contributed by atoms with Crippen LogP contribution in [0.15, 0.2) is 18.2 Å². The third-order valence-electron chi connectivity index (χ3n) is 3.25. The van der Waals surface area contributed by atoms with Crippen molar-refractivity contribution in [3.63, 3.8) is 0 Å². The molecule has 2 rings (SSSR count). The summed E-state index contributed by atoms with van der Waals surface area (Å²) in [5, 5.41) is 2.37. The van der Waals surface area contributed by atoms with Crippen LogP contribution in [0.25, 0.3) is 0 Å². The summed E-state index contributed by atoms with van der Waals surface area (Å²) in [5.74, 6) is -0.793. The van der Waals surface area contributed by atoms with Gasteiger partial charge in [0, 0.05) is 11.0 Å². The van der Waals surface area contributed by atoms with Gasteiger partial charge >= 0.3 is 12.3 Å². The van der Waals surface area contributed by atoms with Crippen LogP contribution in [0, 0.1) is 11.2 Å². The van der Waals surface area contributed by atoms with Gasteiger partial charge in [0.2, 0.25) is 0 Å². The van der Waals surface area contributed by atoms with E-state index in [0.29, 0.717) is 6.07 Å². The topological polar surface area (TPSA) is 38.3 Å². The van der Waals surface area contributed by atoms with Crippen molar-refractivity contribution >= 4 is 6.09 Å². The largest absolute Gasteiger partial charge is 0.449 e. The molecule has 1 aliphatic rings. The second-order valence-electron chi connectivity index (χ2n) is 5.38. The molecule has 3 nitrogen and oxygen atoms in total. The number of cyclic esters (lactones) is 1. The van der Waals surface area contributed by atoms with Crippen LogP contribution in [0.2, 0.25) is 0 Å². The van der Waals surface area contributed by atoms with Crippen LogP contribution in [0.4, 0.5) is 22.4 Å². The number of alkyl halides is 3. The molecular weight excluding hydrogens is 278 g/mol. The van der Waals surface area contributed by atoms with E-state index in [0.717, 1.165) is 12.1 Å². The number of carbonyl (C=O) groups excluding carboxylic acids is 1. The van der Waals surface area contributed by atoms with Crippen molar-refractivity contribution in [2.24, 2.45) is 5.41 Å². The number of halogens is 4. The van der Waals surface area contributed by atoms with Crippen LogP contribution < -0.4 is 5.32 Å². The molecule has 1 atom stereocenters. The van der Waals surface area contributed by atoms with E-state index in [-0.39, 0.29) is 12.2 Å². The maximum Gasteiger partial charge on any atom is 0.416 e. The maximum atomic E-state index is 13.9. The van der Waals surface area contributed by atoms with Gasteiger partial charge in [-0.2, -0.15) is 13.2 Å². The van der Waals surface area contributed by atoms with E-state index >= 15 is 0 Å². The minimum Gasteiger partial charge on any atom is -0.449 e. The average Bonchev–Trinajstić information content (AvgIpc) is 2.32. The zero-order valence-corrected chi connectivity index (χ0v) is 10.8. The fourth-order valence-electron chi connectivity index (χ4n) is 2.13. The monoisotopic (exact) mass is 291 g/mol. The Labute approximate surface area is 112 Å². The number of ether oxygens (including phenoxy) is 1. The first kappa shape index (κ1) is 14.6. The highest BCUT2D eigenvalue weighted by molar-refractivity contribution is 5.69. The summed E-state index contributed by atoms with van der Waals surface area (Å²) in [5.41, 5.74) is -1.87. The fraction of sp³-hybridized carbons (Fsp3) is 0.462. The number of rotatable bonds is 1. The Morgan fingerprint density at radius 2 is 2.00 bits per heavy atom. The number of benzene rings is 1. The maximum absolute atomic E-state index is 13.9. The number of carbonyl (C=O) groups is 1. The van der Waals surface area contributed by atoms with Gasteiger partial charge in [-0.1, -0.05) is 13.8 Å². The van der Waals surface area contributed by atoms with Gasteiger partial charge in [0.05, 0.1) is 11.6 Å². The van der Waals surface area contributed by atoms with Crippen molar-refractivity contribution in [1.29, 1.82) is 0 Å². The van der Waals surface area contributed by atoms with Crippen molar-refractivity contribution in [3.8, 4) is 0 Å². The Morgan fingerprint density at radius 3 is 2.60 bits per heavy atom. The van der Waals surface area contributed by atoms with Crippen molar-refractivity contribution < 1.29 is 27.1 Å². The minimum absolute atomic E-state index is 0.000808. The lowest BCUT2D eigenvalue weighted by Crippen LogP contribution is -2.47. The molecule has 1 fully saturated rings. The molecule has 1 aromatic rings. The van der Waals surface area contributed by atoms with Gasteiger partial charge in [-0.3, -0.25) is 0 Å². The molecular formula is C13H13F4NO2. The quantitative estimate of drug-likeness (QED) is 0.802. The van der Waals surface area contributed by atoms with E-state index in [9.17, 15) is 22.4 Å². The summed E-state index contributed by atoms with van der Waals surface area (Å²) in [4.78, 5) is 11.2. The van der Waals surface area contributed by atoms with E-state index in [1.807, 2.05) is 0 Å². The molecule has 1 N–H and O–H groups in total. The van der Waals surface area contributed by atoms with Crippen molar-refractivity contribution in [2.75, 3.05) is 6.61 Å². The first-order valence-electron chi connectivity index (χ1n) is 5.91. The van der Waals surface area contributed by atoms with Crippen molar-refractivity contribution in [2.45, 2.75) is 26.1 Å². The van der Waals surface area contributed by atoms with Gasteiger partial charge in [0.15, 0.2) is 0 Å². The Bertz CT molecular complexity index is 540. The number of hydrogen-bond acceptors (Lipinski definition) is 2. The van der Waals surface area contributed by atoms with Gasteiger partial charge in [0.25, 0.3) is 0 Å². The highest BCUT2D eigenvalue weighted by Gasteiger charge is 2.40. The average molecular weight is 291 g/mol. The predicted molar refractivity (Wildman–Crippen MR) is 62.4 cm³/mol. The van der Waals surface area contributed by atoms with Gasteiger partial charge in [-0.25, -0.2) is 9.18 Å². The highest BCUT2D eigenvalue weighted by atomic mass is 19.4. The summed E-state index contributed by atoms with van der Waals surface area (Å²) in [6.45, 7) is 3.35. The summed E-state index contributed by atoms with van der Waals surface area (Å²) in [6.07, 6.45) is -5.34. The summed E-state index contributed by atoms with van der Waals surface area (Å²) in [7, 11) is 0. The van der Waals surface area contributed by atoms with Crippen LogP contribution in [-0.4, -0.2) is 12.7 Å². The van der Waals surface area contributed by atoms with E-state index in [1.54, 1.807) is 13.8 Å². The number of hydrogen-bond donors (Lipinski definition) is 1. The van der Waals surface area contributed by atoms with E-state index in [4.69, 9.17) is 4.74 Å². The van der Waals surface area contributed by atoms with Gasteiger partial charge in [-0.05, 0) is 18.2 Å². The molecule has 0 unspecified atom stereocenters. The molecule has 0 saturated carbocycles. The lowest BCUT2D eigenvalue weighted by molar-refractivity contribution is -0.137. The first-order valence-corrected chi connectivity index (χ1v) is 5.91. The molecule has 0 radical (unpaired) electrons. The fourth-order valence-corrected chi connectivity index (χ4v) is 2.13. The molecule has 1 heterocycles. The third kappa shape index (κ3) is 2.71. The minimum atomic E-state index is -4.57. The molecule has 1 saturated heterocycles. The Balaban J connectivity index is 2.47. The zero-order chi connectivity index (χ0) is 15.1. The van der Waals surface area contributed by atoms with Crippen molar-refractivity contribution in [3.05, 3.63) is 35.1 Å². The Kier molecular flexibility index (Phi) is 3.39. The zero-order valence-electron chi connectivity index (χ0n) is 10.8. The van der Waals surface area contributed by atoms with Gasteiger partial charge in [0.1, 0.15) is 12.4 Å². The van der Waals surface area contributed by atoms with Crippen LogP contribution in [-0.2, 0) is 10.9 Å². The van der Waals surface area contributed by atoms with E-state index < -0.39 is 35.1 Å². The van der Waals surface area contributed by atoms with Crippen LogP contribution in [0.1, 0.15) is 31.0 Å². The standard InChI is InChI=1S/C13H13F4NO2/c1-12(2)6-20-11(19)18-10(12)8-5-7(13(15,16)17)3-4-9(8)14/h3-5,10H,6H2,1-2H3,(H,18,19)/t10-/m0/s1. The highest BCUT2D eigenvalue weighted by Crippen LogP contribution is 2.39. The molecule has 0 bridgehead atoms. The summed E-state index contributed by atoms with van der Waals surface area (Å²) in [6, 6.07) is 1.28. The Hall–Kier alpha value is -1.79. The molecule has 0 aromatic heterocycles. The SMILES string of the molecule is CC1(C)COC(=O)N[C@H]1c1cc(C(F)(F)F)ccc1F. The summed E-state index contributed by atoms with van der Waals surface area (Å²) >= 11 is 0. The van der Waals surface area contributed by atoms with Crippen LogP contribution in [0.5, 0.6) is 0 Å². The Morgan fingerprint density at radius 1 is 1.35 bits per heavy atom. The van der Waals surface area contributed by atoms with E-state index in [1.165, 1.54) is 0 Å². The second-order valence-corrected chi connectivity index (χ2v) is 5.38. The number of alkyl carbamates (subject to hydrolysis) is 1. The smallest absolute Gasteiger partial charge is 0.416 e. The van der Waals surface area contributed by atoms with E-state index in [2.05, 4.69) is 5.32 Å². The number of nitrogens with one attached hydrogen (secondary N) is 1. The van der Waals surface area contributed by atoms with Crippen LogP contribution >= 0.6 is 0 Å². The lowest BCUT2D eigenvalue weighted by atomic mass is 9.80. The van der Waals surface area contributed by atoms with Crippen LogP contribution in [0.3, 0.4) is 0 Å². The lowest BCUT2D eigenvalue weighted by Gasteiger charge is -2.38. The summed E-state index contributed by atoms with van der Waals surface area (Å²) < 4.78 is 56.7. The van der Waals surface area contributed by atoms with Gasteiger partial charge < -0.3 is 10.1 Å². The van der Waals surface area contributed by atoms with Crippen molar-refractivity contribution in [1.82, 2.24) is 5.32 Å². The molecule has 1 amide bonds. The molecule has 1 aliphatic heterocycles. The molecule has 7 heteroatoms. The third-order valence-corrected chi connectivity index (χ3v) is 3.25. The molecule has 110 valence electrons. The van der Waals surface area contributed by atoms with Gasteiger partial charge in [-0.15, -0.1) is 0 Å². The number of amides is 1. The molecule has 0 spiro atoms. The second kappa shape index (κ2) is 4.64. The molecule has 20 heavy (non-hydrogen) atoms. The predicted octanol–water partition coefficient (Wildman–Crippen LogP) is 3.65. The normalized spacial score (nSPS) is 22.1. The molecule has 1 aromatic carbocycles. The first-order chi connectivity index (χ1) is 9.11.